The highest BCUT2D eigenvalue weighted by Gasteiger charge is 2.12. The second-order valence-electron chi connectivity index (χ2n) is 2.93. The Morgan fingerprint density at radius 3 is 2.38 bits per heavy atom. The van der Waals surface area contributed by atoms with E-state index in [2.05, 4.69) is 10.2 Å². The van der Waals surface area contributed by atoms with E-state index in [9.17, 15) is 4.79 Å². The molecule has 1 aromatic heterocycles. The Balaban J connectivity index is 2.65. The second kappa shape index (κ2) is 4.41. The van der Waals surface area contributed by atoms with Crippen LogP contribution in [0, 0.1) is 0 Å². The highest BCUT2D eigenvalue weighted by molar-refractivity contribution is 6.68. The van der Waals surface area contributed by atoms with Gasteiger partial charge in [-0.3, -0.25) is 9.36 Å². The molecule has 0 unspecified atom stereocenters. The van der Waals surface area contributed by atoms with Crippen molar-refractivity contribution < 1.29 is 4.79 Å². The van der Waals surface area contributed by atoms with Crippen LogP contribution >= 0.6 is 34.8 Å². The maximum Gasteiger partial charge on any atom is 0.252 e. The lowest BCUT2D eigenvalue weighted by Crippen LogP contribution is -1.97. The lowest BCUT2D eigenvalue weighted by molar-refractivity contribution is 0.108. The maximum atomic E-state index is 11.1. The normalized spacial score (nSPS) is 10.4. The van der Waals surface area contributed by atoms with E-state index in [1.807, 2.05) is 0 Å². The van der Waals surface area contributed by atoms with Crippen LogP contribution < -0.4 is 0 Å². The van der Waals surface area contributed by atoms with Crippen molar-refractivity contribution in [3.63, 3.8) is 0 Å². The summed E-state index contributed by atoms with van der Waals surface area (Å²) in [6.45, 7) is 0. The summed E-state index contributed by atoms with van der Waals surface area (Å²) in [4.78, 5) is 11.1. The van der Waals surface area contributed by atoms with Gasteiger partial charge in [0.25, 0.3) is 5.24 Å². The van der Waals surface area contributed by atoms with E-state index in [4.69, 9.17) is 34.8 Å². The maximum absolute atomic E-state index is 11.1. The first kappa shape index (κ1) is 11.4. The second-order valence-corrected chi connectivity index (χ2v) is 4.06. The number of rotatable bonds is 2. The average molecular weight is 277 g/mol. The van der Waals surface area contributed by atoms with Gasteiger partial charge < -0.3 is 0 Å². The molecule has 16 heavy (non-hydrogen) atoms. The number of aromatic nitrogens is 3. The minimum Gasteiger partial charge on any atom is -0.287 e. The summed E-state index contributed by atoms with van der Waals surface area (Å²) in [5.41, 5.74) is 0.767. The van der Waals surface area contributed by atoms with Crippen molar-refractivity contribution in [2.24, 2.45) is 0 Å². The summed E-state index contributed by atoms with van der Waals surface area (Å²) in [6, 6.07) is 2.93. The molecule has 0 spiro atoms. The van der Waals surface area contributed by atoms with E-state index in [-0.39, 0.29) is 10.6 Å². The van der Waals surface area contributed by atoms with Crippen molar-refractivity contribution in [2.45, 2.75) is 0 Å². The third kappa shape index (κ3) is 2.04. The van der Waals surface area contributed by atoms with E-state index >= 15 is 0 Å². The Labute approximate surface area is 106 Å². The first-order chi connectivity index (χ1) is 7.59. The summed E-state index contributed by atoms with van der Waals surface area (Å²) in [6.07, 6.45) is 2.89. The molecule has 2 aromatic rings. The van der Waals surface area contributed by atoms with Gasteiger partial charge in [-0.1, -0.05) is 23.2 Å². The van der Waals surface area contributed by atoms with Gasteiger partial charge in [0.15, 0.2) is 0 Å². The number of benzene rings is 1. The Bertz CT molecular complexity index is 539. The van der Waals surface area contributed by atoms with E-state index in [0.717, 1.165) is 0 Å². The van der Waals surface area contributed by atoms with Crippen molar-refractivity contribution >= 4 is 40.0 Å². The summed E-state index contributed by atoms with van der Waals surface area (Å²) < 4.78 is 1.54. The molecule has 1 heterocycles. The fraction of sp³-hybridized carbons (Fsp3) is 0. The fourth-order valence-electron chi connectivity index (χ4n) is 1.20. The van der Waals surface area contributed by atoms with Crippen molar-refractivity contribution in [1.82, 2.24) is 14.8 Å². The Morgan fingerprint density at radius 1 is 1.19 bits per heavy atom. The van der Waals surface area contributed by atoms with Gasteiger partial charge in [0.1, 0.15) is 12.7 Å². The van der Waals surface area contributed by atoms with Gasteiger partial charge in [0.05, 0.1) is 15.7 Å². The third-order valence-corrected chi connectivity index (χ3v) is 2.94. The lowest BCUT2D eigenvalue weighted by atomic mass is 10.2. The number of nitrogens with zero attached hydrogens (tertiary/aromatic N) is 3. The van der Waals surface area contributed by atoms with E-state index < -0.39 is 5.24 Å². The highest BCUT2D eigenvalue weighted by atomic mass is 35.5. The third-order valence-electron chi connectivity index (χ3n) is 1.93. The Hall–Kier alpha value is -1.10. The molecule has 0 N–H and O–H groups in total. The quantitative estimate of drug-likeness (QED) is 0.792. The number of carbonyl (C=O) groups is 1. The van der Waals surface area contributed by atoms with E-state index in [1.54, 1.807) is 0 Å². The molecule has 0 atom stereocenters. The fourth-order valence-corrected chi connectivity index (χ4v) is 1.73. The van der Waals surface area contributed by atoms with Crippen molar-refractivity contribution in [1.29, 1.82) is 0 Å². The van der Waals surface area contributed by atoms with Gasteiger partial charge in [-0.15, -0.1) is 10.2 Å². The zero-order chi connectivity index (χ0) is 11.7. The summed E-state index contributed by atoms with van der Waals surface area (Å²) in [5, 5.41) is 7.23. The smallest absolute Gasteiger partial charge is 0.252 e. The van der Waals surface area contributed by atoms with Crippen LogP contribution in [0.15, 0.2) is 24.8 Å². The zero-order valence-electron chi connectivity index (χ0n) is 7.69. The number of hydrogen-bond donors (Lipinski definition) is 0. The number of hydrogen-bond acceptors (Lipinski definition) is 3. The van der Waals surface area contributed by atoms with Crippen LogP contribution in [0.25, 0.3) is 5.69 Å². The largest absolute Gasteiger partial charge is 0.287 e. The standard InChI is InChI=1S/C9H4Cl3N3O/c10-6-1-5(9(12)16)2-7(8(6)11)15-3-13-14-4-15/h1-4H. The predicted molar refractivity (Wildman–Crippen MR) is 61.6 cm³/mol. The molecule has 0 aliphatic carbocycles. The molecular weight excluding hydrogens is 272 g/mol. The average Bonchev–Trinajstić information content (AvgIpc) is 2.74. The number of carbonyl (C=O) groups excluding carboxylic acids is 1. The molecule has 4 nitrogen and oxygen atoms in total. The monoisotopic (exact) mass is 275 g/mol. The summed E-state index contributed by atoms with van der Waals surface area (Å²) in [7, 11) is 0. The highest BCUT2D eigenvalue weighted by Crippen LogP contribution is 2.30. The van der Waals surface area contributed by atoms with Crippen LogP contribution in [0.2, 0.25) is 10.0 Å². The lowest BCUT2D eigenvalue weighted by Gasteiger charge is -2.07. The van der Waals surface area contributed by atoms with E-state index in [1.165, 1.54) is 29.4 Å². The first-order valence-corrected chi connectivity index (χ1v) is 5.27. The van der Waals surface area contributed by atoms with Crippen LogP contribution in [-0.2, 0) is 0 Å². The van der Waals surface area contributed by atoms with Gasteiger partial charge in [-0.05, 0) is 23.7 Å². The number of halogens is 3. The molecule has 1 aromatic carbocycles. The van der Waals surface area contributed by atoms with Crippen molar-refractivity contribution in [3.05, 3.63) is 40.4 Å². The molecule has 0 amide bonds. The minimum absolute atomic E-state index is 0.247. The zero-order valence-corrected chi connectivity index (χ0v) is 9.96. The van der Waals surface area contributed by atoms with Gasteiger partial charge in [-0.2, -0.15) is 0 Å². The molecule has 0 saturated heterocycles. The van der Waals surface area contributed by atoms with Crippen molar-refractivity contribution in [3.8, 4) is 5.69 Å². The van der Waals surface area contributed by atoms with E-state index in [0.29, 0.717) is 10.7 Å². The molecule has 0 bridgehead atoms. The van der Waals surface area contributed by atoms with Crippen LogP contribution in [0.4, 0.5) is 0 Å². The van der Waals surface area contributed by atoms with Gasteiger partial charge in [0, 0.05) is 5.56 Å². The van der Waals surface area contributed by atoms with Crippen LogP contribution in [0.3, 0.4) is 0 Å². The molecule has 0 fully saturated rings. The topological polar surface area (TPSA) is 47.8 Å². The molecule has 0 saturated carbocycles. The minimum atomic E-state index is -0.604. The van der Waals surface area contributed by atoms with Crippen molar-refractivity contribution in [2.75, 3.05) is 0 Å². The van der Waals surface area contributed by atoms with Gasteiger partial charge in [-0.25, -0.2) is 0 Å². The molecular formula is C9H4Cl3N3O. The van der Waals surface area contributed by atoms with Gasteiger partial charge >= 0.3 is 0 Å². The van der Waals surface area contributed by atoms with Crippen LogP contribution in [-0.4, -0.2) is 20.0 Å². The molecule has 0 radical (unpaired) electrons. The summed E-state index contributed by atoms with van der Waals surface area (Å²) in [5.74, 6) is 0. The Kier molecular flexibility index (Phi) is 3.14. The molecule has 0 aliphatic heterocycles. The predicted octanol–water partition coefficient (Wildman–Crippen LogP) is 2.95. The molecule has 0 aliphatic rings. The van der Waals surface area contributed by atoms with Crippen LogP contribution in [0.1, 0.15) is 10.4 Å². The first-order valence-electron chi connectivity index (χ1n) is 4.13. The van der Waals surface area contributed by atoms with Crippen LogP contribution in [0.5, 0.6) is 0 Å². The van der Waals surface area contributed by atoms with Gasteiger partial charge in [0.2, 0.25) is 0 Å². The SMILES string of the molecule is O=C(Cl)c1cc(Cl)c(Cl)c(-n2cnnc2)c1. The molecule has 2 rings (SSSR count). The molecule has 82 valence electrons. The Morgan fingerprint density at radius 2 is 1.81 bits per heavy atom. The summed E-state index contributed by atoms with van der Waals surface area (Å²) >= 11 is 17.3. The molecule has 7 heteroatoms.